The zero-order valence-electron chi connectivity index (χ0n) is 15.8. The van der Waals surface area contributed by atoms with E-state index in [9.17, 15) is 9.90 Å². The summed E-state index contributed by atoms with van der Waals surface area (Å²) in [6.07, 6.45) is -1.14. The summed E-state index contributed by atoms with van der Waals surface area (Å²) >= 11 is 6.22. The van der Waals surface area contributed by atoms with E-state index in [1.165, 1.54) is 0 Å². The number of para-hydroxylation sites is 1. The van der Waals surface area contributed by atoms with E-state index in [0.29, 0.717) is 16.3 Å². The van der Waals surface area contributed by atoms with Gasteiger partial charge in [0.05, 0.1) is 11.1 Å². The fraction of sp³-hybridized carbons (Fsp3) is 0.273. The van der Waals surface area contributed by atoms with Gasteiger partial charge in [-0.1, -0.05) is 41.9 Å². The van der Waals surface area contributed by atoms with Crippen LogP contribution >= 0.6 is 11.6 Å². The molecule has 0 fully saturated rings. The quantitative estimate of drug-likeness (QED) is 0.618. The van der Waals surface area contributed by atoms with E-state index in [4.69, 9.17) is 16.3 Å². The molecule has 0 aliphatic carbocycles. The maximum Gasteiger partial charge on any atom is 0.337 e. The second-order valence-electron chi connectivity index (χ2n) is 7.46. The minimum absolute atomic E-state index is 0.554. The summed E-state index contributed by atoms with van der Waals surface area (Å²) in [5, 5.41) is 11.4. The number of hydrogen-bond donors (Lipinski definition) is 1. The molecule has 1 aromatic heterocycles. The molecule has 1 N–H and O–H groups in total. The summed E-state index contributed by atoms with van der Waals surface area (Å²) in [5.41, 5.74) is 2.97. The number of fused-ring (bicyclic) bond motifs is 1. The Morgan fingerprint density at radius 3 is 2.48 bits per heavy atom. The molecule has 2 aromatic carbocycles. The molecule has 0 aliphatic heterocycles. The summed E-state index contributed by atoms with van der Waals surface area (Å²) in [6.45, 7) is 7.33. The zero-order valence-corrected chi connectivity index (χ0v) is 16.5. The van der Waals surface area contributed by atoms with Crippen LogP contribution in [0.15, 0.2) is 48.5 Å². The average molecular weight is 384 g/mol. The van der Waals surface area contributed by atoms with Crippen molar-refractivity contribution in [3.8, 4) is 11.1 Å². The van der Waals surface area contributed by atoms with Crippen molar-refractivity contribution < 1.29 is 14.6 Å². The van der Waals surface area contributed by atoms with E-state index in [0.717, 1.165) is 22.0 Å². The molecule has 0 saturated carbocycles. The smallest absolute Gasteiger partial charge is 0.337 e. The van der Waals surface area contributed by atoms with Crippen LogP contribution in [0.3, 0.4) is 0 Å². The molecule has 1 unspecified atom stereocenters. The zero-order chi connectivity index (χ0) is 19.8. The molecule has 1 atom stereocenters. The number of halogens is 1. The molecule has 0 amide bonds. The van der Waals surface area contributed by atoms with Gasteiger partial charge < -0.3 is 9.84 Å². The van der Waals surface area contributed by atoms with Crippen LogP contribution in [0.5, 0.6) is 0 Å². The molecule has 3 rings (SSSR count). The Kier molecular flexibility index (Phi) is 5.22. The lowest BCUT2D eigenvalue weighted by molar-refractivity contribution is -0.160. The molecule has 27 heavy (non-hydrogen) atoms. The Hall–Kier alpha value is -2.43. The van der Waals surface area contributed by atoms with Crippen LogP contribution in [0.2, 0.25) is 5.02 Å². The molecular formula is C22H22ClNO3. The number of ether oxygens (including phenoxy) is 1. The predicted octanol–water partition coefficient (Wildman–Crippen LogP) is 5.80. The lowest BCUT2D eigenvalue weighted by Crippen LogP contribution is -2.28. The van der Waals surface area contributed by atoms with Gasteiger partial charge >= 0.3 is 5.97 Å². The third kappa shape index (κ3) is 4.12. The number of pyridine rings is 1. The highest BCUT2D eigenvalue weighted by atomic mass is 35.5. The minimum Gasteiger partial charge on any atom is -0.479 e. The summed E-state index contributed by atoms with van der Waals surface area (Å²) in [7, 11) is 0. The van der Waals surface area contributed by atoms with Gasteiger partial charge in [-0.25, -0.2) is 4.79 Å². The van der Waals surface area contributed by atoms with Crippen molar-refractivity contribution in [1.82, 2.24) is 4.98 Å². The molecule has 140 valence electrons. The first kappa shape index (κ1) is 19.3. The molecule has 5 heteroatoms. The van der Waals surface area contributed by atoms with Crippen LogP contribution < -0.4 is 0 Å². The van der Waals surface area contributed by atoms with Gasteiger partial charge in [0.25, 0.3) is 0 Å². The average Bonchev–Trinajstić information content (AvgIpc) is 2.58. The Balaban J connectivity index is 2.39. The fourth-order valence-corrected chi connectivity index (χ4v) is 3.40. The van der Waals surface area contributed by atoms with Crippen LogP contribution in [-0.4, -0.2) is 21.7 Å². The Morgan fingerprint density at radius 1 is 1.15 bits per heavy atom. The van der Waals surface area contributed by atoms with E-state index < -0.39 is 17.7 Å². The van der Waals surface area contributed by atoms with E-state index in [1.807, 2.05) is 70.2 Å². The van der Waals surface area contributed by atoms with Crippen LogP contribution in [-0.2, 0) is 9.53 Å². The largest absolute Gasteiger partial charge is 0.479 e. The number of benzene rings is 2. The molecule has 3 aromatic rings. The first-order valence-corrected chi connectivity index (χ1v) is 9.11. The second kappa shape index (κ2) is 7.29. The van der Waals surface area contributed by atoms with E-state index in [2.05, 4.69) is 4.98 Å². The summed E-state index contributed by atoms with van der Waals surface area (Å²) in [4.78, 5) is 16.8. The predicted molar refractivity (Wildman–Crippen MR) is 108 cm³/mol. The third-order valence-corrected chi connectivity index (χ3v) is 4.43. The van der Waals surface area contributed by atoms with Gasteiger partial charge in [0.1, 0.15) is 0 Å². The maximum atomic E-state index is 12.1. The SMILES string of the molecule is Cc1nc2ccccc2c(-c2cccc(Cl)c2)c1C(OC(C)(C)C)C(=O)O. The highest BCUT2D eigenvalue weighted by Crippen LogP contribution is 2.39. The molecule has 0 spiro atoms. The number of aryl methyl sites for hydroxylation is 1. The van der Waals surface area contributed by atoms with Crippen molar-refractivity contribution in [2.24, 2.45) is 0 Å². The number of rotatable bonds is 4. The first-order chi connectivity index (χ1) is 12.7. The van der Waals surface area contributed by atoms with Gasteiger partial charge in [-0.2, -0.15) is 0 Å². The van der Waals surface area contributed by atoms with Crippen molar-refractivity contribution in [1.29, 1.82) is 0 Å². The lowest BCUT2D eigenvalue weighted by atomic mass is 9.91. The molecule has 4 nitrogen and oxygen atoms in total. The van der Waals surface area contributed by atoms with Crippen LogP contribution in [0, 0.1) is 6.92 Å². The van der Waals surface area contributed by atoms with Gasteiger partial charge in [-0.05, 0) is 57.0 Å². The van der Waals surface area contributed by atoms with E-state index >= 15 is 0 Å². The van der Waals surface area contributed by atoms with Gasteiger partial charge in [-0.15, -0.1) is 0 Å². The van der Waals surface area contributed by atoms with Crippen LogP contribution in [0.25, 0.3) is 22.0 Å². The van der Waals surface area contributed by atoms with Crippen LogP contribution in [0.1, 0.15) is 38.1 Å². The minimum atomic E-state index is -1.14. The van der Waals surface area contributed by atoms with E-state index in [-0.39, 0.29) is 0 Å². The molecule has 0 saturated heterocycles. The topological polar surface area (TPSA) is 59.4 Å². The van der Waals surface area contributed by atoms with Crippen LogP contribution in [0.4, 0.5) is 0 Å². The Labute approximate surface area is 163 Å². The van der Waals surface area contributed by atoms with Crippen molar-refractivity contribution in [3.63, 3.8) is 0 Å². The Bertz CT molecular complexity index is 1010. The number of carboxylic acids is 1. The molecule has 1 heterocycles. The van der Waals surface area contributed by atoms with Crippen molar-refractivity contribution in [2.75, 3.05) is 0 Å². The number of carboxylic acid groups (broad SMARTS) is 1. The summed E-state index contributed by atoms with van der Waals surface area (Å²) in [5.74, 6) is -1.05. The van der Waals surface area contributed by atoms with Gasteiger partial charge in [0.15, 0.2) is 6.10 Å². The number of nitrogens with zero attached hydrogens (tertiary/aromatic N) is 1. The number of hydrogen-bond acceptors (Lipinski definition) is 3. The standard InChI is InChI=1S/C22H22ClNO3/c1-13-18(20(21(25)26)27-22(2,3)4)19(14-8-7-9-15(23)12-14)16-10-5-6-11-17(16)24-13/h5-12,20H,1-4H3,(H,25,26). The van der Waals surface area contributed by atoms with Crippen molar-refractivity contribution in [3.05, 3.63) is 64.8 Å². The fourth-order valence-electron chi connectivity index (χ4n) is 3.21. The normalized spacial score (nSPS) is 12.9. The highest BCUT2D eigenvalue weighted by Gasteiger charge is 2.32. The molecule has 0 aliphatic rings. The Morgan fingerprint density at radius 2 is 1.85 bits per heavy atom. The van der Waals surface area contributed by atoms with Crippen molar-refractivity contribution in [2.45, 2.75) is 39.4 Å². The van der Waals surface area contributed by atoms with Gasteiger partial charge in [-0.3, -0.25) is 4.98 Å². The lowest BCUT2D eigenvalue weighted by Gasteiger charge is -2.28. The van der Waals surface area contributed by atoms with Gasteiger partial charge in [0.2, 0.25) is 0 Å². The van der Waals surface area contributed by atoms with Crippen molar-refractivity contribution >= 4 is 28.5 Å². The summed E-state index contributed by atoms with van der Waals surface area (Å²) in [6, 6.07) is 15.1. The first-order valence-electron chi connectivity index (χ1n) is 8.73. The molecule has 0 radical (unpaired) electrons. The molecular weight excluding hydrogens is 362 g/mol. The maximum absolute atomic E-state index is 12.1. The second-order valence-corrected chi connectivity index (χ2v) is 7.90. The number of aromatic nitrogens is 1. The highest BCUT2D eigenvalue weighted by molar-refractivity contribution is 6.31. The number of carbonyl (C=O) groups is 1. The van der Waals surface area contributed by atoms with Gasteiger partial charge in [0, 0.05) is 21.7 Å². The number of aliphatic carboxylic acids is 1. The summed E-state index contributed by atoms with van der Waals surface area (Å²) < 4.78 is 5.93. The monoisotopic (exact) mass is 383 g/mol. The molecule has 0 bridgehead atoms. The third-order valence-electron chi connectivity index (χ3n) is 4.19. The van der Waals surface area contributed by atoms with E-state index in [1.54, 1.807) is 6.07 Å².